The molecule has 0 saturated carbocycles. The van der Waals surface area contributed by atoms with Gasteiger partial charge >= 0.3 is 0 Å². The molecule has 1 heterocycles. The summed E-state index contributed by atoms with van der Waals surface area (Å²) in [5, 5.41) is 2.84. The van der Waals surface area contributed by atoms with E-state index in [1.165, 1.54) is 0 Å². The van der Waals surface area contributed by atoms with E-state index in [0.29, 0.717) is 18.7 Å². The summed E-state index contributed by atoms with van der Waals surface area (Å²) in [5.74, 6) is -0.239. The Morgan fingerprint density at radius 2 is 1.81 bits per heavy atom. The number of amides is 2. The lowest BCUT2D eigenvalue weighted by molar-refractivity contribution is -0.123. The summed E-state index contributed by atoms with van der Waals surface area (Å²) in [7, 11) is 0. The highest BCUT2D eigenvalue weighted by molar-refractivity contribution is 5.90. The SMILES string of the molecule is NC(=O)C1CCN(CCC(=O)Nc2ccc(N)cc2)CC1. The molecule has 0 aromatic heterocycles. The Balaban J connectivity index is 1.70. The molecule has 0 bridgehead atoms. The predicted octanol–water partition coefficient (Wildman–Crippen LogP) is 0.795. The number of hydrogen-bond donors (Lipinski definition) is 3. The van der Waals surface area contributed by atoms with Crippen LogP contribution in [-0.2, 0) is 9.59 Å². The third-order valence-corrected chi connectivity index (χ3v) is 3.84. The molecular weight excluding hydrogens is 268 g/mol. The summed E-state index contributed by atoms with van der Waals surface area (Å²) < 4.78 is 0. The van der Waals surface area contributed by atoms with Gasteiger partial charge in [0.25, 0.3) is 0 Å². The van der Waals surface area contributed by atoms with Crippen LogP contribution in [0.4, 0.5) is 11.4 Å². The average molecular weight is 290 g/mol. The lowest BCUT2D eigenvalue weighted by Crippen LogP contribution is -2.39. The molecule has 1 fully saturated rings. The Bertz CT molecular complexity index is 493. The number of benzene rings is 1. The number of carbonyl (C=O) groups excluding carboxylic acids is 2. The van der Waals surface area contributed by atoms with E-state index in [2.05, 4.69) is 10.2 Å². The Morgan fingerprint density at radius 3 is 2.38 bits per heavy atom. The van der Waals surface area contributed by atoms with Crippen LogP contribution in [0.15, 0.2) is 24.3 Å². The van der Waals surface area contributed by atoms with Crippen LogP contribution in [0.5, 0.6) is 0 Å². The molecule has 6 heteroatoms. The van der Waals surface area contributed by atoms with Gasteiger partial charge in [0.05, 0.1) is 0 Å². The van der Waals surface area contributed by atoms with E-state index < -0.39 is 0 Å². The molecule has 1 aromatic carbocycles. The lowest BCUT2D eigenvalue weighted by Gasteiger charge is -2.30. The molecule has 0 radical (unpaired) electrons. The standard InChI is InChI=1S/C15H22N4O2/c16-12-1-3-13(4-2-12)18-14(20)7-10-19-8-5-11(6-9-19)15(17)21/h1-4,11H,5-10,16H2,(H2,17,21)(H,18,20). The zero-order valence-electron chi connectivity index (χ0n) is 12.0. The average Bonchev–Trinajstić information content (AvgIpc) is 2.48. The highest BCUT2D eigenvalue weighted by atomic mass is 16.2. The number of nitrogens with two attached hydrogens (primary N) is 2. The van der Waals surface area contributed by atoms with Gasteiger partial charge in [-0.15, -0.1) is 0 Å². The number of carbonyl (C=O) groups is 2. The third-order valence-electron chi connectivity index (χ3n) is 3.84. The molecule has 1 aromatic rings. The Morgan fingerprint density at radius 1 is 1.19 bits per heavy atom. The second kappa shape index (κ2) is 7.08. The summed E-state index contributed by atoms with van der Waals surface area (Å²) in [6.07, 6.45) is 2.01. The van der Waals surface area contributed by atoms with Crippen LogP contribution < -0.4 is 16.8 Å². The van der Waals surface area contributed by atoms with Crippen LogP contribution in [0.3, 0.4) is 0 Å². The smallest absolute Gasteiger partial charge is 0.225 e. The maximum absolute atomic E-state index is 11.9. The van der Waals surface area contributed by atoms with Gasteiger partial charge in [0.15, 0.2) is 0 Å². The van der Waals surface area contributed by atoms with Gasteiger partial charge in [0.2, 0.25) is 11.8 Å². The van der Waals surface area contributed by atoms with E-state index >= 15 is 0 Å². The van der Waals surface area contributed by atoms with Crippen LogP contribution in [0.25, 0.3) is 0 Å². The number of piperidine rings is 1. The van der Waals surface area contributed by atoms with Crippen molar-refractivity contribution in [1.82, 2.24) is 4.90 Å². The molecule has 0 atom stereocenters. The van der Waals surface area contributed by atoms with Gasteiger partial charge in [0.1, 0.15) is 0 Å². The van der Waals surface area contributed by atoms with Crippen molar-refractivity contribution in [3.63, 3.8) is 0 Å². The van der Waals surface area contributed by atoms with E-state index in [9.17, 15) is 9.59 Å². The van der Waals surface area contributed by atoms with Crippen LogP contribution >= 0.6 is 0 Å². The highest BCUT2D eigenvalue weighted by Gasteiger charge is 2.23. The molecule has 0 spiro atoms. The van der Waals surface area contributed by atoms with Crippen molar-refractivity contribution in [1.29, 1.82) is 0 Å². The molecule has 0 unspecified atom stereocenters. The Hall–Kier alpha value is -2.08. The zero-order valence-corrected chi connectivity index (χ0v) is 12.0. The topological polar surface area (TPSA) is 101 Å². The Kier molecular flexibility index (Phi) is 5.16. The number of rotatable bonds is 5. The Labute approximate surface area is 124 Å². The monoisotopic (exact) mass is 290 g/mol. The highest BCUT2D eigenvalue weighted by Crippen LogP contribution is 2.17. The van der Waals surface area contributed by atoms with E-state index in [4.69, 9.17) is 11.5 Å². The van der Waals surface area contributed by atoms with Crippen molar-refractivity contribution < 1.29 is 9.59 Å². The van der Waals surface area contributed by atoms with Gasteiger partial charge in [-0.2, -0.15) is 0 Å². The number of nitrogens with zero attached hydrogens (tertiary/aromatic N) is 1. The summed E-state index contributed by atoms with van der Waals surface area (Å²) in [6.45, 7) is 2.35. The van der Waals surface area contributed by atoms with E-state index in [1.807, 2.05) is 0 Å². The molecule has 1 aliphatic heterocycles. The van der Waals surface area contributed by atoms with Gasteiger partial charge in [-0.05, 0) is 50.2 Å². The van der Waals surface area contributed by atoms with Crippen molar-refractivity contribution in [2.75, 3.05) is 30.7 Å². The first-order valence-electron chi connectivity index (χ1n) is 7.21. The molecular formula is C15H22N4O2. The van der Waals surface area contributed by atoms with Crippen LogP contribution in [-0.4, -0.2) is 36.3 Å². The molecule has 2 rings (SSSR count). The van der Waals surface area contributed by atoms with Gasteiger partial charge in [-0.1, -0.05) is 0 Å². The fourth-order valence-electron chi connectivity index (χ4n) is 2.49. The zero-order chi connectivity index (χ0) is 15.2. The number of nitrogen functional groups attached to an aromatic ring is 1. The number of primary amides is 1. The minimum Gasteiger partial charge on any atom is -0.399 e. The van der Waals surface area contributed by atoms with E-state index in [1.54, 1.807) is 24.3 Å². The lowest BCUT2D eigenvalue weighted by atomic mass is 9.96. The first-order chi connectivity index (χ1) is 10.0. The van der Waals surface area contributed by atoms with Crippen LogP contribution in [0.2, 0.25) is 0 Å². The second-order valence-corrected chi connectivity index (χ2v) is 5.44. The van der Waals surface area contributed by atoms with Crippen LogP contribution in [0.1, 0.15) is 19.3 Å². The molecule has 114 valence electrons. The molecule has 1 saturated heterocycles. The van der Waals surface area contributed by atoms with Gasteiger partial charge in [-0.3, -0.25) is 9.59 Å². The minimum atomic E-state index is -0.212. The molecule has 5 N–H and O–H groups in total. The molecule has 0 aliphatic carbocycles. The van der Waals surface area contributed by atoms with Crippen LogP contribution in [0, 0.1) is 5.92 Å². The summed E-state index contributed by atoms with van der Waals surface area (Å²) in [6, 6.07) is 7.08. The fourth-order valence-corrected chi connectivity index (χ4v) is 2.49. The van der Waals surface area contributed by atoms with Crippen molar-refractivity contribution in [2.45, 2.75) is 19.3 Å². The molecule has 21 heavy (non-hydrogen) atoms. The van der Waals surface area contributed by atoms with Crippen molar-refractivity contribution in [3.05, 3.63) is 24.3 Å². The quantitative estimate of drug-likeness (QED) is 0.698. The first-order valence-corrected chi connectivity index (χ1v) is 7.21. The van der Waals surface area contributed by atoms with Crippen molar-refractivity contribution in [3.8, 4) is 0 Å². The van der Waals surface area contributed by atoms with E-state index in [-0.39, 0.29) is 17.7 Å². The summed E-state index contributed by atoms with van der Waals surface area (Å²) in [4.78, 5) is 25.2. The molecule has 2 amide bonds. The molecule has 6 nitrogen and oxygen atoms in total. The van der Waals surface area contributed by atoms with Gasteiger partial charge in [0, 0.05) is 30.3 Å². The van der Waals surface area contributed by atoms with Crippen molar-refractivity contribution in [2.24, 2.45) is 11.7 Å². The largest absolute Gasteiger partial charge is 0.399 e. The number of likely N-dealkylation sites (tertiary alicyclic amines) is 1. The normalized spacial score (nSPS) is 16.6. The van der Waals surface area contributed by atoms with Gasteiger partial charge in [-0.25, -0.2) is 0 Å². The fraction of sp³-hybridized carbons (Fsp3) is 0.467. The number of nitrogens with one attached hydrogen (secondary N) is 1. The van der Waals surface area contributed by atoms with E-state index in [0.717, 1.165) is 31.6 Å². The summed E-state index contributed by atoms with van der Waals surface area (Å²) in [5.41, 5.74) is 12.3. The number of anilines is 2. The maximum atomic E-state index is 11.9. The van der Waals surface area contributed by atoms with Gasteiger partial charge < -0.3 is 21.7 Å². The minimum absolute atomic E-state index is 0.00939. The predicted molar refractivity (Wildman–Crippen MR) is 82.5 cm³/mol. The first kappa shape index (κ1) is 15.3. The third kappa shape index (κ3) is 4.75. The maximum Gasteiger partial charge on any atom is 0.225 e. The number of hydrogen-bond acceptors (Lipinski definition) is 4. The second-order valence-electron chi connectivity index (χ2n) is 5.44. The summed E-state index contributed by atoms with van der Waals surface area (Å²) >= 11 is 0. The molecule has 1 aliphatic rings. The van der Waals surface area contributed by atoms with Crippen molar-refractivity contribution >= 4 is 23.2 Å².